The number of aromatic nitrogens is 4. The Morgan fingerprint density at radius 2 is 1.90 bits per heavy atom. The van der Waals surface area contributed by atoms with Crippen molar-refractivity contribution in [3.63, 3.8) is 0 Å². The van der Waals surface area contributed by atoms with Gasteiger partial charge in [0.15, 0.2) is 5.69 Å². The quantitative estimate of drug-likeness (QED) is 0.487. The molecule has 0 aliphatic heterocycles. The van der Waals surface area contributed by atoms with Crippen LogP contribution in [0.1, 0.15) is 38.5 Å². The minimum absolute atomic E-state index is 0.152. The molecule has 0 fully saturated rings. The van der Waals surface area contributed by atoms with Crippen molar-refractivity contribution in [2.75, 3.05) is 5.32 Å². The molecule has 2 heterocycles. The molecule has 4 rings (SSSR count). The highest BCUT2D eigenvalue weighted by Gasteiger charge is 2.21. The number of benzene rings is 2. The number of nitrogens with one attached hydrogen (secondary N) is 1. The van der Waals surface area contributed by atoms with Crippen molar-refractivity contribution in [2.24, 2.45) is 0 Å². The van der Waals surface area contributed by atoms with Crippen LogP contribution in [0.4, 0.5) is 5.95 Å². The fraction of sp³-hybridized carbons (Fsp3) is 0.217. The third-order valence-corrected chi connectivity index (χ3v) is 4.79. The fourth-order valence-corrected chi connectivity index (χ4v) is 3.12. The van der Waals surface area contributed by atoms with Gasteiger partial charge in [-0.2, -0.15) is 0 Å². The van der Waals surface area contributed by atoms with Gasteiger partial charge in [-0.15, -0.1) is 5.10 Å². The topological polar surface area (TPSA) is 95.1 Å². The summed E-state index contributed by atoms with van der Waals surface area (Å²) in [4.78, 5) is 16.9. The first-order valence-corrected chi connectivity index (χ1v) is 9.89. The van der Waals surface area contributed by atoms with Crippen molar-refractivity contribution < 1.29 is 14.1 Å². The highest BCUT2D eigenvalue weighted by Crippen LogP contribution is 2.19. The van der Waals surface area contributed by atoms with Gasteiger partial charge in [-0.05, 0) is 38.5 Å². The van der Waals surface area contributed by atoms with Crippen LogP contribution < -0.4 is 10.1 Å². The summed E-state index contributed by atoms with van der Waals surface area (Å²) in [5.41, 5.74) is 4.15. The lowest BCUT2D eigenvalue weighted by Crippen LogP contribution is -2.16. The lowest BCUT2D eigenvalue weighted by atomic mass is 10.1. The predicted molar refractivity (Wildman–Crippen MR) is 115 cm³/mol. The van der Waals surface area contributed by atoms with Crippen LogP contribution in [-0.2, 0) is 13.2 Å². The molecule has 2 aromatic carbocycles. The first-order valence-electron chi connectivity index (χ1n) is 9.89. The van der Waals surface area contributed by atoms with E-state index in [1.807, 2.05) is 56.3 Å². The van der Waals surface area contributed by atoms with Crippen molar-refractivity contribution in [2.45, 2.75) is 33.9 Å². The first kappa shape index (κ1) is 20.3. The van der Waals surface area contributed by atoms with Gasteiger partial charge in [0.2, 0.25) is 5.95 Å². The predicted octanol–water partition coefficient (Wildman–Crippen LogP) is 4.07. The SMILES string of the molecule is Cc1ccc(OCc2c(C(=O)Nc3ncn(Cc4cccc(C)c4)n3)noc2C)cc1. The van der Waals surface area contributed by atoms with Crippen LogP contribution in [0.3, 0.4) is 0 Å². The van der Waals surface area contributed by atoms with Gasteiger partial charge in [-0.3, -0.25) is 10.1 Å². The molecule has 8 heteroatoms. The lowest BCUT2D eigenvalue weighted by molar-refractivity contribution is 0.101. The van der Waals surface area contributed by atoms with E-state index >= 15 is 0 Å². The van der Waals surface area contributed by atoms with E-state index < -0.39 is 5.91 Å². The Morgan fingerprint density at radius 3 is 2.68 bits per heavy atom. The second-order valence-electron chi connectivity index (χ2n) is 7.38. The summed E-state index contributed by atoms with van der Waals surface area (Å²) >= 11 is 0. The number of ether oxygens (including phenoxy) is 1. The van der Waals surface area contributed by atoms with Crippen LogP contribution in [0.5, 0.6) is 5.75 Å². The number of hydrogen-bond donors (Lipinski definition) is 1. The minimum Gasteiger partial charge on any atom is -0.489 e. The molecule has 4 aromatic rings. The van der Waals surface area contributed by atoms with Crippen molar-refractivity contribution in [3.05, 3.63) is 88.6 Å². The molecule has 1 N–H and O–H groups in total. The summed E-state index contributed by atoms with van der Waals surface area (Å²) in [5, 5.41) is 10.9. The molecule has 1 amide bonds. The molecule has 0 bridgehead atoms. The minimum atomic E-state index is -0.451. The molecule has 0 aliphatic carbocycles. The summed E-state index contributed by atoms with van der Waals surface area (Å²) in [5.74, 6) is 0.973. The van der Waals surface area contributed by atoms with Crippen LogP contribution in [-0.4, -0.2) is 25.8 Å². The monoisotopic (exact) mass is 417 g/mol. The van der Waals surface area contributed by atoms with E-state index in [1.54, 1.807) is 17.9 Å². The number of carbonyl (C=O) groups excluding carboxylic acids is 1. The van der Waals surface area contributed by atoms with E-state index in [-0.39, 0.29) is 18.2 Å². The van der Waals surface area contributed by atoms with Crippen molar-refractivity contribution in [1.29, 1.82) is 0 Å². The largest absolute Gasteiger partial charge is 0.489 e. The number of amides is 1. The molecule has 0 spiro atoms. The second kappa shape index (κ2) is 8.83. The van der Waals surface area contributed by atoms with Gasteiger partial charge in [-0.1, -0.05) is 52.7 Å². The van der Waals surface area contributed by atoms with Crippen LogP contribution in [0, 0.1) is 20.8 Å². The van der Waals surface area contributed by atoms with Crippen LogP contribution >= 0.6 is 0 Å². The summed E-state index contributed by atoms with van der Waals surface area (Å²) < 4.78 is 12.7. The Hall–Kier alpha value is -3.94. The lowest BCUT2D eigenvalue weighted by Gasteiger charge is -2.07. The number of carbonyl (C=O) groups is 1. The van der Waals surface area contributed by atoms with Gasteiger partial charge in [0.05, 0.1) is 12.1 Å². The molecule has 0 atom stereocenters. The van der Waals surface area contributed by atoms with E-state index in [9.17, 15) is 4.79 Å². The number of hydrogen-bond acceptors (Lipinski definition) is 6. The molecule has 0 saturated heterocycles. The third kappa shape index (κ3) is 4.98. The summed E-state index contributed by atoms with van der Waals surface area (Å²) in [6, 6.07) is 15.8. The maximum Gasteiger partial charge on any atom is 0.280 e. The van der Waals surface area contributed by atoms with Crippen LogP contribution in [0.15, 0.2) is 59.4 Å². The van der Waals surface area contributed by atoms with Gasteiger partial charge >= 0.3 is 0 Å². The zero-order valence-electron chi connectivity index (χ0n) is 17.6. The molecule has 0 radical (unpaired) electrons. The highest BCUT2D eigenvalue weighted by atomic mass is 16.5. The van der Waals surface area contributed by atoms with Gasteiger partial charge < -0.3 is 9.26 Å². The van der Waals surface area contributed by atoms with Gasteiger partial charge in [0.25, 0.3) is 5.91 Å². The van der Waals surface area contributed by atoms with Crippen LogP contribution in [0.2, 0.25) is 0 Å². The molecule has 0 saturated carbocycles. The molecule has 158 valence electrons. The molecule has 2 aromatic heterocycles. The Labute approximate surface area is 179 Å². The average Bonchev–Trinajstić information content (AvgIpc) is 3.33. The second-order valence-corrected chi connectivity index (χ2v) is 7.38. The Morgan fingerprint density at radius 1 is 1.10 bits per heavy atom. The van der Waals surface area contributed by atoms with E-state index in [2.05, 4.69) is 26.6 Å². The number of rotatable bonds is 7. The number of anilines is 1. The Bertz CT molecular complexity index is 1190. The highest BCUT2D eigenvalue weighted by molar-refractivity contribution is 6.02. The first-order chi connectivity index (χ1) is 15.0. The Balaban J connectivity index is 1.42. The molecule has 31 heavy (non-hydrogen) atoms. The molecule has 0 aliphatic rings. The standard InChI is InChI=1S/C23H23N5O3/c1-15-7-9-19(10-8-15)30-13-20-17(3)31-27-21(20)22(29)25-23-24-14-28(26-23)12-18-6-4-5-16(2)11-18/h4-11,14H,12-13H2,1-3H3,(H,25,26,29). The van der Waals surface area contributed by atoms with E-state index in [4.69, 9.17) is 9.26 Å². The maximum atomic E-state index is 12.7. The van der Waals surface area contributed by atoms with Gasteiger partial charge in [-0.25, -0.2) is 9.67 Å². The normalized spacial score (nSPS) is 10.8. The van der Waals surface area contributed by atoms with E-state index in [0.29, 0.717) is 23.6 Å². The van der Waals surface area contributed by atoms with Crippen molar-refractivity contribution >= 4 is 11.9 Å². The van der Waals surface area contributed by atoms with Crippen molar-refractivity contribution in [3.8, 4) is 5.75 Å². The van der Waals surface area contributed by atoms with Crippen LogP contribution in [0.25, 0.3) is 0 Å². The zero-order valence-corrected chi connectivity index (χ0v) is 17.6. The molecule has 0 unspecified atom stereocenters. The van der Waals surface area contributed by atoms with Gasteiger partial charge in [0.1, 0.15) is 24.4 Å². The third-order valence-electron chi connectivity index (χ3n) is 4.79. The number of nitrogens with zero attached hydrogens (tertiary/aromatic N) is 4. The zero-order chi connectivity index (χ0) is 21.8. The Kier molecular flexibility index (Phi) is 5.79. The maximum absolute atomic E-state index is 12.7. The van der Waals surface area contributed by atoms with E-state index in [0.717, 1.165) is 11.1 Å². The van der Waals surface area contributed by atoms with Gasteiger partial charge in [0, 0.05) is 0 Å². The molecular formula is C23H23N5O3. The molecular weight excluding hydrogens is 394 g/mol. The summed E-state index contributed by atoms with van der Waals surface area (Å²) in [6.45, 7) is 6.51. The number of aryl methyl sites for hydroxylation is 3. The molecule has 8 nitrogen and oxygen atoms in total. The summed E-state index contributed by atoms with van der Waals surface area (Å²) in [6.07, 6.45) is 1.58. The fourth-order valence-electron chi connectivity index (χ4n) is 3.12. The summed E-state index contributed by atoms with van der Waals surface area (Å²) in [7, 11) is 0. The van der Waals surface area contributed by atoms with Crippen molar-refractivity contribution in [1.82, 2.24) is 19.9 Å². The smallest absolute Gasteiger partial charge is 0.280 e. The van der Waals surface area contributed by atoms with E-state index in [1.165, 1.54) is 5.56 Å². The average molecular weight is 417 g/mol.